The van der Waals surface area contributed by atoms with Crippen LogP contribution in [-0.2, 0) is 27.3 Å². The van der Waals surface area contributed by atoms with E-state index in [0.29, 0.717) is 5.69 Å². The van der Waals surface area contributed by atoms with E-state index in [2.05, 4.69) is 10.3 Å². The number of rotatable bonds is 7. The van der Waals surface area contributed by atoms with Gasteiger partial charge in [0.25, 0.3) is 5.91 Å². The van der Waals surface area contributed by atoms with Gasteiger partial charge < -0.3 is 10.1 Å². The largest absolute Gasteiger partial charge is 0.452 e. The fraction of sp³-hybridized carbons (Fsp3) is 0.211. The molecular weight excluding hydrogens is 387 g/mol. The summed E-state index contributed by atoms with van der Waals surface area (Å²) in [5, 5.41) is 7.30. The Morgan fingerprint density at radius 1 is 1.22 bits per heavy atom. The number of hydrogen-bond donors (Lipinski definition) is 1. The van der Waals surface area contributed by atoms with E-state index in [1.165, 1.54) is 30.4 Å². The van der Waals surface area contributed by atoms with Crippen LogP contribution in [0.1, 0.15) is 18.2 Å². The number of carbonyl (C=O) groups excluding carboxylic acids is 2. The molecule has 1 atom stereocenters. The number of thiophene rings is 1. The van der Waals surface area contributed by atoms with Crippen LogP contribution in [0.2, 0.25) is 0 Å². The van der Waals surface area contributed by atoms with Crippen LogP contribution < -0.4 is 5.32 Å². The van der Waals surface area contributed by atoms with Gasteiger partial charge in [0.15, 0.2) is 6.10 Å². The Labute approximate surface area is 163 Å². The number of carbonyl (C=O) groups is 2. The maximum Gasteiger partial charge on any atom is 0.312 e. The summed E-state index contributed by atoms with van der Waals surface area (Å²) in [5.41, 5.74) is 1.37. The van der Waals surface area contributed by atoms with Gasteiger partial charge in [0.1, 0.15) is 10.8 Å². The second-order valence-electron chi connectivity index (χ2n) is 5.77. The van der Waals surface area contributed by atoms with E-state index in [0.717, 1.165) is 15.4 Å². The molecule has 0 spiro atoms. The Bertz CT molecular complexity index is 907. The van der Waals surface area contributed by atoms with Crippen LogP contribution in [-0.4, -0.2) is 23.0 Å². The first kappa shape index (κ1) is 19.2. The topological polar surface area (TPSA) is 68.3 Å². The van der Waals surface area contributed by atoms with Crippen molar-refractivity contribution in [2.75, 3.05) is 0 Å². The van der Waals surface area contributed by atoms with Crippen LogP contribution in [0.3, 0.4) is 0 Å². The summed E-state index contributed by atoms with van der Waals surface area (Å²) in [6, 6.07) is 9.73. The van der Waals surface area contributed by atoms with Gasteiger partial charge in [-0.2, -0.15) is 0 Å². The zero-order valence-corrected chi connectivity index (χ0v) is 16.1. The molecule has 0 radical (unpaired) electrons. The van der Waals surface area contributed by atoms with E-state index in [1.54, 1.807) is 23.5 Å². The molecule has 0 unspecified atom stereocenters. The maximum absolute atomic E-state index is 12.9. The number of aromatic nitrogens is 1. The predicted molar refractivity (Wildman–Crippen MR) is 103 cm³/mol. The second-order valence-corrected chi connectivity index (χ2v) is 7.58. The average molecular weight is 404 g/mol. The van der Waals surface area contributed by atoms with Crippen LogP contribution in [0.5, 0.6) is 0 Å². The van der Waals surface area contributed by atoms with E-state index in [9.17, 15) is 14.0 Å². The first-order valence-corrected chi connectivity index (χ1v) is 9.97. The minimum Gasteiger partial charge on any atom is -0.452 e. The van der Waals surface area contributed by atoms with Crippen molar-refractivity contribution in [1.29, 1.82) is 0 Å². The number of halogens is 1. The van der Waals surface area contributed by atoms with Crippen LogP contribution in [0, 0.1) is 5.82 Å². The summed E-state index contributed by atoms with van der Waals surface area (Å²) < 4.78 is 18.0. The third kappa shape index (κ3) is 5.45. The molecule has 0 saturated carbocycles. The zero-order valence-electron chi connectivity index (χ0n) is 14.5. The highest BCUT2D eigenvalue weighted by Gasteiger charge is 2.19. The van der Waals surface area contributed by atoms with E-state index in [1.807, 2.05) is 22.9 Å². The van der Waals surface area contributed by atoms with Gasteiger partial charge in [-0.15, -0.1) is 22.7 Å². The molecule has 0 saturated heterocycles. The first-order valence-electron chi connectivity index (χ1n) is 8.21. The van der Waals surface area contributed by atoms with Crippen molar-refractivity contribution in [2.45, 2.75) is 26.0 Å². The number of nitrogens with zero attached hydrogens (tertiary/aromatic N) is 1. The van der Waals surface area contributed by atoms with Crippen molar-refractivity contribution in [2.24, 2.45) is 0 Å². The Kier molecular flexibility index (Phi) is 6.31. The molecule has 0 aliphatic carbocycles. The van der Waals surface area contributed by atoms with Gasteiger partial charge in [-0.3, -0.25) is 9.59 Å². The van der Waals surface area contributed by atoms with Crippen molar-refractivity contribution in [3.8, 4) is 9.88 Å². The van der Waals surface area contributed by atoms with Gasteiger partial charge in [0.2, 0.25) is 0 Å². The molecule has 2 heterocycles. The van der Waals surface area contributed by atoms with Gasteiger partial charge in [0.05, 0.1) is 17.0 Å². The highest BCUT2D eigenvalue weighted by Crippen LogP contribution is 2.27. The Hall–Kier alpha value is -2.58. The monoisotopic (exact) mass is 404 g/mol. The molecule has 1 amide bonds. The molecule has 8 heteroatoms. The molecule has 0 aliphatic rings. The van der Waals surface area contributed by atoms with Crippen molar-refractivity contribution in [1.82, 2.24) is 10.3 Å². The van der Waals surface area contributed by atoms with E-state index in [-0.39, 0.29) is 18.8 Å². The van der Waals surface area contributed by atoms with E-state index >= 15 is 0 Å². The SMILES string of the molecule is C[C@@H](OC(=O)Cc1csc(-c2cccs2)n1)C(=O)NCc1ccc(F)cc1. The minimum absolute atomic E-state index is 0.0114. The van der Waals surface area contributed by atoms with Gasteiger partial charge in [-0.05, 0) is 36.1 Å². The summed E-state index contributed by atoms with van der Waals surface area (Å²) in [6.07, 6.45) is -0.911. The summed E-state index contributed by atoms with van der Waals surface area (Å²) in [5.74, 6) is -1.26. The molecule has 0 bridgehead atoms. The molecule has 3 aromatic rings. The van der Waals surface area contributed by atoms with Gasteiger partial charge >= 0.3 is 5.97 Å². The summed E-state index contributed by atoms with van der Waals surface area (Å²) in [6.45, 7) is 1.74. The molecule has 1 N–H and O–H groups in total. The highest BCUT2D eigenvalue weighted by molar-refractivity contribution is 7.20. The Balaban J connectivity index is 1.46. The van der Waals surface area contributed by atoms with Crippen molar-refractivity contribution in [3.63, 3.8) is 0 Å². The number of hydrogen-bond acceptors (Lipinski definition) is 6. The lowest BCUT2D eigenvalue weighted by Crippen LogP contribution is -2.35. The van der Waals surface area contributed by atoms with Gasteiger partial charge in [-0.25, -0.2) is 9.37 Å². The molecule has 1 aromatic carbocycles. The van der Waals surface area contributed by atoms with Crippen LogP contribution in [0.25, 0.3) is 9.88 Å². The molecule has 140 valence electrons. The van der Waals surface area contributed by atoms with Crippen molar-refractivity contribution >= 4 is 34.6 Å². The van der Waals surface area contributed by atoms with Crippen LogP contribution in [0.15, 0.2) is 47.2 Å². The number of esters is 1. The maximum atomic E-state index is 12.9. The molecular formula is C19H17FN2O3S2. The third-order valence-electron chi connectivity index (χ3n) is 3.67. The molecule has 3 rings (SSSR count). The average Bonchev–Trinajstić information content (AvgIpc) is 3.32. The zero-order chi connectivity index (χ0) is 19.2. The smallest absolute Gasteiger partial charge is 0.312 e. The quantitative estimate of drug-likeness (QED) is 0.608. The fourth-order valence-corrected chi connectivity index (χ4v) is 3.91. The van der Waals surface area contributed by atoms with Crippen molar-refractivity contribution in [3.05, 3.63) is 64.2 Å². The third-order valence-corrected chi connectivity index (χ3v) is 5.60. The molecule has 2 aromatic heterocycles. The Morgan fingerprint density at radius 3 is 2.70 bits per heavy atom. The molecule has 27 heavy (non-hydrogen) atoms. The highest BCUT2D eigenvalue weighted by atomic mass is 32.1. The standard InChI is InChI=1S/C19H17FN2O3S2/c1-12(18(24)21-10-13-4-6-14(20)7-5-13)25-17(23)9-15-11-27-19(22-15)16-3-2-8-26-16/h2-8,11-12H,9-10H2,1H3,(H,21,24)/t12-/m1/s1. The summed E-state index contributed by atoms with van der Waals surface area (Å²) in [4.78, 5) is 29.6. The molecule has 0 aliphatic heterocycles. The fourth-order valence-electron chi connectivity index (χ4n) is 2.28. The van der Waals surface area contributed by atoms with E-state index in [4.69, 9.17) is 4.74 Å². The van der Waals surface area contributed by atoms with E-state index < -0.39 is 18.0 Å². The lowest BCUT2D eigenvalue weighted by molar-refractivity contribution is -0.154. The van der Waals surface area contributed by atoms with Crippen molar-refractivity contribution < 1.29 is 18.7 Å². The molecule has 5 nitrogen and oxygen atoms in total. The Morgan fingerprint density at radius 2 is 2.00 bits per heavy atom. The summed E-state index contributed by atoms with van der Waals surface area (Å²) in [7, 11) is 0. The van der Waals surface area contributed by atoms with Crippen LogP contribution in [0.4, 0.5) is 4.39 Å². The number of amides is 1. The number of ether oxygens (including phenoxy) is 1. The summed E-state index contributed by atoms with van der Waals surface area (Å²) >= 11 is 3.05. The number of nitrogens with one attached hydrogen (secondary N) is 1. The molecule has 0 fully saturated rings. The van der Waals surface area contributed by atoms with Gasteiger partial charge in [0, 0.05) is 11.9 Å². The second kappa shape index (κ2) is 8.88. The predicted octanol–water partition coefficient (Wildman–Crippen LogP) is 3.80. The normalized spacial score (nSPS) is 11.8. The number of benzene rings is 1. The lowest BCUT2D eigenvalue weighted by atomic mass is 10.2. The first-order chi connectivity index (χ1) is 13.0. The lowest BCUT2D eigenvalue weighted by Gasteiger charge is -2.13. The van der Waals surface area contributed by atoms with Gasteiger partial charge in [-0.1, -0.05) is 18.2 Å². The number of thiazole rings is 1. The van der Waals surface area contributed by atoms with Crippen LogP contribution >= 0.6 is 22.7 Å². The minimum atomic E-state index is -0.923.